The molecule has 200 valence electrons. The van der Waals surface area contributed by atoms with Crippen molar-refractivity contribution in [2.45, 2.75) is 76.0 Å². The Bertz CT molecular complexity index is 1080. The van der Waals surface area contributed by atoms with Crippen molar-refractivity contribution in [3.8, 4) is 0 Å². The molecule has 3 atom stereocenters. The van der Waals surface area contributed by atoms with Crippen LogP contribution in [0.2, 0.25) is 0 Å². The molecule has 37 heavy (non-hydrogen) atoms. The van der Waals surface area contributed by atoms with Crippen LogP contribution < -0.4 is 5.32 Å². The molecule has 0 bridgehead atoms. The maximum Gasteiger partial charge on any atom is 0.325 e. The molecule has 0 amide bonds. The Hall–Kier alpha value is -2.55. The lowest BCUT2D eigenvalue weighted by Gasteiger charge is -2.30. The van der Waals surface area contributed by atoms with Gasteiger partial charge in [-0.2, -0.15) is 0 Å². The van der Waals surface area contributed by atoms with Crippen molar-refractivity contribution >= 4 is 11.8 Å². The van der Waals surface area contributed by atoms with Crippen LogP contribution in [0.1, 0.15) is 79.5 Å². The fraction of sp³-hybridized carbons (Fsp3) is 0.586. The van der Waals surface area contributed by atoms with Crippen molar-refractivity contribution in [3.05, 3.63) is 58.5 Å². The van der Waals surface area contributed by atoms with Gasteiger partial charge in [0.2, 0.25) is 0 Å². The number of nitrogens with one attached hydrogen (secondary N) is 1. The number of carboxylic acid groups (broad SMARTS) is 1. The first-order chi connectivity index (χ1) is 18.1. The summed E-state index contributed by atoms with van der Waals surface area (Å²) in [6, 6.07) is 7.90. The predicted octanol–water partition coefficient (Wildman–Crippen LogP) is 5.06. The van der Waals surface area contributed by atoms with Crippen molar-refractivity contribution in [3.63, 3.8) is 0 Å². The summed E-state index contributed by atoms with van der Waals surface area (Å²) in [5, 5.41) is 13.5. The maximum absolute atomic E-state index is 14.3. The van der Waals surface area contributed by atoms with Crippen LogP contribution in [-0.4, -0.2) is 59.9 Å². The second kappa shape index (κ2) is 12.3. The Labute approximate surface area is 218 Å². The third kappa shape index (κ3) is 6.48. The number of anilines is 1. The lowest BCUT2D eigenvalue weighted by molar-refractivity contribution is -0.143. The van der Waals surface area contributed by atoms with E-state index < -0.39 is 17.8 Å². The first kappa shape index (κ1) is 26.1. The van der Waals surface area contributed by atoms with Crippen LogP contribution >= 0.6 is 0 Å². The minimum atomic E-state index is -0.963. The fourth-order valence-corrected chi connectivity index (χ4v) is 5.84. The van der Waals surface area contributed by atoms with Crippen molar-refractivity contribution in [1.82, 2.24) is 9.88 Å². The van der Waals surface area contributed by atoms with Crippen LogP contribution in [0.5, 0.6) is 0 Å². The average Bonchev–Trinajstić information content (AvgIpc) is 3.37. The number of carboxylic acids is 1. The monoisotopic (exact) mass is 511 g/mol. The number of unbranched alkanes of at least 4 members (excludes halogenated alkanes) is 1. The Kier molecular flexibility index (Phi) is 8.69. The predicted molar refractivity (Wildman–Crippen MR) is 139 cm³/mol. The van der Waals surface area contributed by atoms with Crippen molar-refractivity contribution < 1.29 is 23.8 Å². The van der Waals surface area contributed by atoms with E-state index >= 15 is 0 Å². The first-order valence-electron chi connectivity index (χ1n) is 13.8. The summed E-state index contributed by atoms with van der Waals surface area (Å²) in [4.78, 5) is 19.1. The molecule has 1 aromatic carbocycles. The van der Waals surface area contributed by atoms with E-state index in [0.717, 1.165) is 81.4 Å². The quantitative estimate of drug-likeness (QED) is 0.432. The highest BCUT2D eigenvalue weighted by molar-refractivity contribution is 5.76. The van der Waals surface area contributed by atoms with E-state index in [1.165, 1.54) is 17.7 Å². The number of ether oxygens (including phenoxy) is 2. The molecular weight excluding hydrogens is 473 g/mol. The molecule has 2 aromatic rings. The van der Waals surface area contributed by atoms with Gasteiger partial charge in [0.1, 0.15) is 17.7 Å². The highest BCUT2D eigenvalue weighted by Gasteiger charge is 2.36. The van der Waals surface area contributed by atoms with E-state index in [4.69, 9.17) is 14.5 Å². The smallest absolute Gasteiger partial charge is 0.325 e. The molecule has 0 spiro atoms. The number of pyridine rings is 1. The molecule has 1 aromatic heterocycles. The molecule has 1 unspecified atom stereocenters. The zero-order valence-corrected chi connectivity index (χ0v) is 21.5. The van der Waals surface area contributed by atoms with Gasteiger partial charge in [-0.15, -0.1) is 0 Å². The second-order valence-corrected chi connectivity index (χ2v) is 10.4. The molecule has 2 saturated heterocycles. The van der Waals surface area contributed by atoms with E-state index in [2.05, 4.69) is 17.4 Å². The number of halogens is 1. The lowest BCUT2D eigenvalue weighted by Crippen LogP contribution is -2.34. The van der Waals surface area contributed by atoms with Gasteiger partial charge in [-0.05, 0) is 92.7 Å². The highest BCUT2D eigenvalue weighted by Crippen LogP contribution is 2.36. The number of benzene rings is 1. The Morgan fingerprint density at radius 2 is 2.14 bits per heavy atom. The molecule has 2 N–H and O–H groups in total. The van der Waals surface area contributed by atoms with Gasteiger partial charge < -0.3 is 19.9 Å². The number of hydrogen-bond acceptors (Lipinski definition) is 6. The van der Waals surface area contributed by atoms with Crippen LogP contribution in [-0.2, 0) is 27.1 Å². The lowest BCUT2D eigenvalue weighted by atomic mass is 9.92. The topological polar surface area (TPSA) is 83.9 Å². The molecule has 2 fully saturated rings. The molecule has 4 heterocycles. The summed E-state index contributed by atoms with van der Waals surface area (Å²) in [7, 11) is 0. The standard InChI is InChI=1S/C29H38FN3O4/c30-21-10-12-24(26-8-2-4-17-37-26)25(18-21)27(29(34)35)33-15-13-23(19-33)36-16-3-1-7-22-11-9-20-6-5-14-31-28(20)32-22/h9-12,18,23,26-27H,1-8,13-17,19H2,(H,31,32)(H,34,35)/t23-,26?,27+/m0/s1. The van der Waals surface area contributed by atoms with Crippen LogP contribution in [0.4, 0.5) is 10.2 Å². The van der Waals surface area contributed by atoms with Gasteiger partial charge in [0.15, 0.2) is 0 Å². The van der Waals surface area contributed by atoms with Gasteiger partial charge in [-0.25, -0.2) is 9.37 Å². The van der Waals surface area contributed by atoms with Gasteiger partial charge in [-0.3, -0.25) is 9.69 Å². The number of aliphatic carboxylic acids is 1. The van der Waals surface area contributed by atoms with Crippen LogP contribution in [0, 0.1) is 5.82 Å². The maximum atomic E-state index is 14.3. The molecule has 7 nitrogen and oxygen atoms in total. The summed E-state index contributed by atoms with van der Waals surface area (Å²) in [5.74, 6) is -0.345. The number of likely N-dealkylation sites (tertiary alicyclic amines) is 1. The minimum Gasteiger partial charge on any atom is -0.480 e. The Morgan fingerprint density at radius 3 is 2.97 bits per heavy atom. The van der Waals surface area contributed by atoms with Gasteiger partial charge in [-0.1, -0.05) is 12.1 Å². The van der Waals surface area contributed by atoms with Crippen molar-refractivity contribution in [2.24, 2.45) is 0 Å². The number of aromatic nitrogens is 1. The normalized spacial score (nSPS) is 22.8. The van der Waals surface area contributed by atoms with Gasteiger partial charge in [0, 0.05) is 38.5 Å². The molecule has 8 heteroatoms. The van der Waals surface area contributed by atoms with Crippen molar-refractivity contribution in [2.75, 3.05) is 38.2 Å². The third-order valence-corrected chi connectivity index (χ3v) is 7.78. The number of fused-ring (bicyclic) bond motifs is 1. The third-order valence-electron chi connectivity index (χ3n) is 7.78. The molecule has 3 aliphatic heterocycles. The van der Waals surface area contributed by atoms with E-state index in [0.29, 0.717) is 31.9 Å². The number of nitrogens with zero attached hydrogens (tertiary/aromatic N) is 2. The summed E-state index contributed by atoms with van der Waals surface area (Å²) >= 11 is 0. The molecule has 5 rings (SSSR count). The van der Waals surface area contributed by atoms with Crippen molar-refractivity contribution in [1.29, 1.82) is 0 Å². The van der Waals surface area contributed by atoms with Crippen LogP contribution in [0.25, 0.3) is 0 Å². The number of carbonyl (C=O) groups is 1. The highest BCUT2D eigenvalue weighted by atomic mass is 19.1. The first-order valence-corrected chi connectivity index (χ1v) is 13.8. The zero-order valence-electron chi connectivity index (χ0n) is 21.5. The van der Waals surface area contributed by atoms with Crippen LogP contribution in [0.15, 0.2) is 30.3 Å². The Morgan fingerprint density at radius 1 is 1.22 bits per heavy atom. The zero-order chi connectivity index (χ0) is 25.6. The second-order valence-electron chi connectivity index (χ2n) is 10.4. The van der Waals surface area contributed by atoms with E-state index in [-0.39, 0.29) is 12.2 Å². The summed E-state index contributed by atoms with van der Waals surface area (Å²) in [6.07, 6.45) is 8.53. The minimum absolute atomic E-state index is 0.0177. The van der Waals surface area contributed by atoms with Gasteiger partial charge in [0.05, 0.1) is 12.2 Å². The van der Waals surface area contributed by atoms with Gasteiger partial charge >= 0.3 is 5.97 Å². The summed E-state index contributed by atoms with van der Waals surface area (Å²) < 4.78 is 26.3. The van der Waals surface area contributed by atoms with E-state index in [1.807, 2.05) is 4.90 Å². The largest absolute Gasteiger partial charge is 0.480 e. The van der Waals surface area contributed by atoms with E-state index in [1.54, 1.807) is 6.07 Å². The Balaban J connectivity index is 1.13. The van der Waals surface area contributed by atoms with Crippen LogP contribution in [0.3, 0.4) is 0 Å². The fourth-order valence-electron chi connectivity index (χ4n) is 5.84. The number of hydrogen-bond donors (Lipinski definition) is 2. The number of rotatable bonds is 10. The molecule has 0 saturated carbocycles. The molecule has 0 radical (unpaired) electrons. The van der Waals surface area contributed by atoms with E-state index in [9.17, 15) is 14.3 Å². The average molecular weight is 512 g/mol. The van der Waals surface area contributed by atoms with Gasteiger partial charge in [0.25, 0.3) is 0 Å². The SMILES string of the molecule is O=C(O)[C@@H](c1cc(F)ccc1C1CCCCO1)N1CC[C@H](OCCCCc2ccc3c(n2)NCCC3)C1. The summed E-state index contributed by atoms with van der Waals surface area (Å²) in [5.41, 5.74) is 3.72. The molecule has 3 aliphatic rings. The summed E-state index contributed by atoms with van der Waals surface area (Å²) in [6.45, 7) is 3.41. The molecule has 0 aliphatic carbocycles. The molecular formula is C29H38FN3O4. The number of aryl methyl sites for hydroxylation is 2.